The quantitative estimate of drug-likeness (QED) is 0.795. The molecular weight excluding hydrogens is 344 g/mol. The molecule has 0 unspecified atom stereocenters. The van der Waals surface area contributed by atoms with Gasteiger partial charge in [0.15, 0.2) is 0 Å². The lowest BCUT2D eigenvalue weighted by atomic mass is 9.75. The van der Waals surface area contributed by atoms with Crippen LogP contribution in [0.15, 0.2) is 18.2 Å². The molecule has 3 rings (SSSR count). The van der Waals surface area contributed by atoms with Crippen LogP contribution in [0.2, 0.25) is 0 Å². The van der Waals surface area contributed by atoms with E-state index in [0.29, 0.717) is 47.8 Å². The number of ether oxygens (including phenoxy) is 2. The van der Waals surface area contributed by atoms with Crippen LogP contribution in [-0.4, -0.2) is 38.3 Å². The Balaban J connectivity index is 1.80. The van der Waals surface area contributed by atoms with E-state index in [1.165, 1.54) is 6.42 Å². The van der Waals surface area contributed by atoms with Crippen LogP contribution in [0.25, 0.3) is 0 Å². The number of hydrogen-bond donors (Lipinski definition) is 1. The minimum atomic E-state index is -0.330. The summed E-state index contributed by atoms with van der Waals surface area (Å²) >= 11 is 0. The van der Waals surface area contributed by atoms with Gasteiger partial charge in [0.2, 0.25) is 0 Å². The maximum atomic E-state index is 12.9. The molecule has 1 aromatic rings. The van der Waals surface area contributed by atoms with Gasteiger partial charge in [0, 0.05) is 13.1 Å². The Bertz CT molecular complexity index is 703. The predicted octanol–water partition coefficient (Wildman–Crippen LogP) is 3.84. The van der Waals surface area contributed by atoms with Crippen molar-refractivity contribution in [2.75, 3.05) is 25.1 Å². The van der Waals surface area contributed by atoms with Crippen molar-refractivity contribution in [3.05, 3.63) is 23.8 Å². The highest BCUT2D eigenvalue weighted by atomic mass is 16.5. The van der Waals surface area contributed by atoms with E-state index in [9.17, 15) is 9.59 Å². The highest BCUT2D eigenvalue weighted by Gasteiger charge is 2.34. The van der Waals surface area contributed by atoms with Gasteiger partial charge in [-0.1, -0.05) is 27.2 Å². The molecule has 0 bridgehead atoms. The van der Waals surface area contributed by atoms with Gasteiger partial charge in [-0.3, -0.25) is 4.90 Å². The monoisotopic (exact) mass is 374 g/mol. The highest BCUT2D eigenvalue weighted by Crippen LogP contribution is 2.36. The number of methoxy groups -OCH3 is 1. The first-order valence-corrected chi connectivity index (χ1v) is 9.85. The van der Waals surface area contributed by atoms with E-state index in [1.54, 1.807) is 30.2 Å². The van der Waals surface area contributed by atoms with Crippen molar-refractivity contribution in [2.24, 2.45) is 17.8 Å². The minimum Gasteiger partial charge on any atom is -0.495 e. The van der Waals surface area contributed by atoms with Crippen molar-refractivity contribution < 1.29 is 19.1 Å². The number of nitrogens with one attached hydrogen (secondary N) is 1. The van der Waals surface area contributed by atoms with Crippen molar-refractivity contribution in [1.82, 2.24) is 5.32 Å². The van der Waals surface area contributed by atoms with E-state index in [-0.39, 0.29) is 18.1 Å². The number of nitrogens with zero attached hydrogens (tertiary/aromatic N) is 1. The van der Waals surface area contributed by atoms with Gasteiger partial charge < -0.3 is 14.8 Å². The van der Waals surface area contributed by atoms with Crippen LogP contribution >= 0.6 is 0 Å². The number of rotatable bonds is 5. The van der Waals surface area contributed by atoms with Gasteiger partial charge in [0.1, 0.15) is 11.9 Å². The smallest absolute Gasteiger partial charge is 0.338 e. The summed E-state index contributed by atoms with van der Waals surface area (Å²) in [6, 6.07) is 4.94. The Morgan fingerprint density at radius 2 is 2.07 bits per heavy atom. The van der Waals surface area contributed by atoms with E-state index in [4.69, 9.17) is 9.47 Å². The number of carbonyl (C=O) groups excluding carboxylic acids is 2. The van der Waals surface area contributed by atoms with Crippen molar-refractivity contribution in [2.45, 2.75) is 46.1 Å². The van der Waals surface area contributed by atoms with Gasteiger partial charge in [0.25, 0.3) is 0 Å². The summed E-state index contributed by atoms with van der Waals surface area (Å²) in [7, 11) is 1.56. The summed E-state index contributed by atoms with van der Waals surface area (Å²) in [6.45, 7) is 7.72. The number of amides is 2. The molecule has 1 aliphatic carbocycles. The third-order valence-corrected chi connectivity index (χ3v) is 5.78. The lowest BCUT2D eigenvalue weighted by Gasteiger charge is -2.36. The van der Waals surface area contributed by atoms with E-state index in [1.807, 2.05) is 0 Å². The zero-order valence-electron chi connectivity index (χ0n) is 16.7. The third-order valence-electron chi connectivity index (χ3n) is 5.78. The molecule has 3 atom stereocenters. The fourth-order valence-corrected chi connectivity index (χ4v) is 4.19. The first kappa shape index (κ1) is 19.5. The van der Waals surface area contributed by atoms with Crippen LogP contribution in [0.5, 0.6) is 5.75 Å². The molecule has 27 heavy (non-hydrogen) atoms. The molecule has 2 fully saturated rings. The molecule has 148 valence electrons. The van der Waals surface area contributed by atoms with Gasteiger partial charge in [-0.2, -0.15) is 0 Å². The topological polar surface area (TPSA) is 67.9 Å². The molecule has 0 aromatic heterocycles. The molecule has 2 amide bonds. The van der Waals surface area contributed by atoms with Crippen LogP contribution in [0, 0.1) is 17.8 Å². The highest BCUT2D eigenvalue weighted by molar-refractivity contribution is 5.98. The number of esters is 1. The van der Waals surface area contributed by atoms with E-state index in [2.05, 4.69) is 26.1 Å². The third kappa shape index (κ3) is 4.20. The molecule has 6 nitrogen and oxygen atoms in total. The minimum absolute atomic E-state index is 0.0538. The standard InChI is InChI=1S/C21H30N2O4/c1-13(2)16-7-5-14(3)11-19(16)27-20(24)15-6-8-18(26-4)17(12-15)23-10-9-22-21(23)25/h6,8,12-14,16,19H,5,7,9-11H2,1-4H3,(H,22,25)/t14-,16+,19-/m0/s1. The zero-order valence-corrected chi connectivity index (χ0v) is 16.7. The summed E-state index contributed by atoms with van der Waals surface area (Å²) < 4.78 is 11.3. The summed E-state index contributed by atoms with van der Waals surface area (Å²) in [6.07, 6.45) is 3.14. The second-order valence-corrected chi connectivity index (χ2v) is 8.04. The first-order valence-electron chi connectivity index (χ1n) is 9.85. The van der Waals surface area contributed by atoms with Gasteiger partial charge in [-0.05, 0) is 48.8 Å². The van der Waals surface area contributed by atoms with Crippen LogP contribution < -0.4 is 15.0 Å². The molecule has 6 heteroatoms. The van der Waals surface area contributed by atoms with Crippen LogP contribution in [0.3, 0.4) is 0 Å². The normalized spacial score (nSPS) is 25.4. The molecule has 1 aromatic carbocycles. The first-order chi connectivity index (χ1) is 12.9. The van der Waals surface area contributed by atoms with Crippen LogP contribution in [0.1, 0.15) is 50.4 Å². The molecule has 0 radical (unpaired) electrons. The Hall–Kier alpha value is -2.24. The van der Waals surface area contributed by atoms with Crippen molar-refractivity contribution in [1.29, 1.82) is 0 Å². The van der Waals surface area contributed by atoms with Crippen molar-refractivity contribution >= 4 is 17.7 Å². The predicted molar refractivity (Wildman–Crippen MR) is 104 cm³/mol. The van der Waals surface area contributed by atoms with E-state index < -0.39 is 0 Å². The maximum absolute atomic E-state index is 12.9. The molecule has 1 aliphatic heterocycles. The Kier molecular flexibility index (Phi) is 5.92. The second-order valence-electron chi connectivity index (χ2n) is 8.04. The van der Waals surface area contributed by atoms with Crippen molar-refractivity contribution in [3.8, 4) is 5.75 Å². The van der Waals surface area contributed by atoms with Crippen LogP contribution in [0.4, 0.5) is 10.5 Å². The molecule has 1 N–H and O–H groups in total. The number of benzene rings is 1. The molecule has 1 saturated carbocycles. The summed E-state index contributed by atoms with van der Waals surface area (Å²) in [4.78, 5) is 26.5. The van der Waals surface area contributed by atoms with Gasteiger partial charge in [0.05, 0.1) is 18.4 Å². The Labute approximate surface area is 161 Å². The van der Waals surface area contributed by atoms with Crippen LogP contribution in [-0.2, 0) is 4.74 Å². The Morgan fingerprint density at radius 1 is 1.30 bits per heavy atom. The summed E-state index contributed by atoms with van der Waals surface area (Å²) in [5.41, 5.74) is 1.05. The van der Waals surface area contributed by atoms with Gasteiger partial charge in [-0.15, -0.1) is 0 Å². The zero-order chi connectivity index (χ0) is 19.6. The fourth-order valence-electron chi connectivity index (χ4n) is 4.19. The molecule has 1 heterocycles. The number of anilines is 1. The van der Waals surface area contributed by atoms with Crippen molar-refractivity contribution in [3.63, 3.8) is 0 Å². The number of carbonyl (C=O) groups is 2. The molecule has 0 spiro atoms. The molecule has 1 saturated heterocycles. The average molecular weight is 374 g/mol. The second kappa shape index (κ2) is 8.19. The lowest BCUT2D eigenvalue weighted by Crippen LogP contribution is -2.36. The van der Waals surface area contributed by atoms with Gasteiger partial charge >= 0.3 is 12.0 Å². The van der Waals surface area contributed by atoms with Gasteiger partial charge in [-0.25, -0.2) is 9.59 Å². The maximum Gasteiger partial charge on any atom is 0.338 e. The fraction of sp³-hybridized carbons (Fsp3) is 0.619. The number of urea groups is 1. The largest absolute Gasteiger partial charge is 0.495 e. The molecular formula is C21H30N2O4. The molecule has 2 aliphatic rings. The SMILES string of the molecule is COc1ccc(C(=O)O[C@H]2C[C@@H](C)CC[C@@H]2C(C)C)cc1N1CCNC1=O. The summed E-state index contributed by atoms with van der Waals surface area (Å²) in [5, 5.41) is 2.77. The lowest BCUT2D eigenvalue weighted by molar-refractivity contribution is -0.0174. The van der Waals surface area contributed by atoms with E-state index in [0.717, 1.165) is 12.8 Å². The summed E-state index contributed by atoms with van der Waals surface area (Å²) in [5.74, 6) is 1.68. The average Bonchev–Trinajstić information content (AvgIpc) is 3.06. The number of hydrogen-bond acceptors (Lipinski definition) is 4. The Morgan fingerprint density at radius 3 is 2.70 bits per heavy atom. The van der Waals surface area contributed by atoms with E-state index >= 15 is 0 Å².